The van der Waals surface area contributed by atoms with Gasteiger partial charge in [0.15, 0.2) is 11.5 Å². The molecule has 0 fully saturated rings. The van der Waals surface area contributed by atoms with Crippen LogP contribution in [0.1, 0.15) is 19.4 Å². The van der Waals surface area contributed by atoms with Gasteiger partial charge in [-0.3, -0.25) is 9.00 Å². The number of nitrogens with one attached hydrogen (secondary N) is 1. The number of anilines is 1. The van der Waals surface area contributed by atoms with E-state index in [9.17, 15) is 9.00 Å². The normalized spacial score (nSPS) is 13.4. The number of carbonyl (C=O) groups excluding carboxylic acids is 1. The van der Waals surface area contributed by atoms with E-state index in [-0.39, 0.29) is 0 Å². The lowest BCUT2D eigenvalue weighted by Crippen LogP contribution is -2.44. The van der Waals surface area contributed by atoms with Crippen molar-refractivity contribution >= 4 is 22.4 Å². The molecule has 0 spiro atoms. The number of rotatable bonds is 9. The minimum absolute atomic E-state index is 0.352. The average Bonchev–Trinajstić information content (AvgIpc) is 2.65. The second-order valence-corrected chi connectivity index (χ2v) is 7.24. The predicted molar refractivity (Wildman–Crippen MR) is 103 cm³/mol. The summed E-state index contributed by atoms with van der Waals surface area (Å²) < 4.78 is 24.3. The maximum atomic E-state index is 13.1. The highest BCUT2D eigenvalue weighted by Gasteiger charge is 2.36. The molecule has 0 bridgehead atoms. The molecule has 2 atom stereocenters. The topological polar surface area (TPSA) is 64.6 Å². The van der Waals surface area contributed by atoms with Crippen molar-refractivity contribution in [3.8, 4) is 0 Å². The molecule has 0 aliphatic heterocycles. The van der Waals surface area contributed by atoms with Crippen molar-refractivity contribution in [1.82, 2.24) is 0 Å². The lowest BCUT2D eigenvalue weighted by Gasteiger charge is -2.25. The summed E-state index contributed by atoms with van der Waals surface area (Å²) in [4.78, 5) is 13.5. The van der Waals surface area contributed by atoms with Crippen LogP contribution in [0, 0.1) is 6.92 Å². The third kappa shape index (κ3) is 5.49. The molecule has 1 amide bonds. The fraction of sp³-hybridized carbons (Fsp3) is 0.350. The molecule has 0 unspecified atom stereocenters. The molecule has 0 aliphatic carbocycles. The van der Waals surface area contributed by atoms with E-state index in [1.54, 1.807) is 24.3 Å². The maximum Gasteiger partial charge on any atom is 0.245 e. The quantitative estimate of drug-likeness (QED) is 0.681. The van der Waals surface area contributed by atoms with Gasteiger partial charge in [-0.15, -0.1) is 0 Å². The highest BCUT2D eigenvalue weighted by molar-refractivity contribution is 7.86. The van der Waals surface area contributed by atoms with E-state index in [2.05, 4.69) is 5.32 Å². The molecule has 26 heavy (non-hydrogen) atoms. The molecular weight excluding hydrogens is 350 g/mol. The molecule has 2 aromatic carbocycles. The van der Waals surface area contributed by atoms with Gasteiger partial charge in [-0.2, -0.15) is 0 Å². The number of ether oxygens (including phenoxy) is 2. The molecule has 0 saturated carbocycles. The number of benzene rings is 2. The van der Waals surface area contributed by atoms with Crippen LogP contribution >= 0.6 is 0 Å². The number of carbonyl (C=O) groups is 1. The molecule has 2 aromatic rings. The van der Waals surface area contributed by atoms with Crippen molar-refractivity contribution in [2.24, 2.45) is 0 Å². The predicted octanol–water partition coefficient (Wildman–Crippen LogP) is 3.51. The van der Waals surface area contributed by atoms with Gasteiger partial charge < -0.3 is 14.8 Å². The smallest absolute Gasteiger partial charge is 0.245 e. The molecule has 6 heteroatoms. The minimum Gasteiger partial charge on any atom is -0.351 e. The van der Waals surface area contributed by atoms with Crippen molar-refractivity contribution in [3.63, 3.8) is 0 Å². The monoisotopic (exact) mass is 375 g/mol. The zero-order valence-electron chi connectivity index (χ0n) is 15.3. The van der Waals surface area contributed by atoms with Crippen molar-refractivity contribution in [2.45, 2.75) is 37.2 Å². The van der Waals surface area contributed by atoms with Crippen LogP contribution in [0.15, 0.2) is 59.5 Å². The lowest BCUT2D eigenvalue weighted by molar-refractivity contribution is -0.147. The largest absolute Gasteiger partial charge is 0.351 e. The van der Waals surface area contributed by atoms with Crippen molar-refractivity contribution < 1.29 is 18.5 Å². The zero-order chi connectivity index (χ0) is 18.9. The Morgan fingerprint density at radius 2 is 1.58 bits per heavy atom. The Morgan fingerprint density at radius 3 is 2.12 bits per heavy atom. The highest BCUT2D eigenvalue weighted by Crippen LogP contribution is 2.19. The Morgan fingerprint density at radius 1 is 1.00 bits per heavy atom. The molecule has 140 valence electrons. The van der Waals surface area contributed by atoms with Gasteiger partial charge in [0.1, 0.15) is 0 Å². The Kier molecular flexibility index (Phi) is 7.97. The molecule has 5 nitrogen and oxygen atoms in total. The van der Waals surface area contributed by atoms with Crippen LogP contribution in [-0.2, 0) is 25.1 Å². The molecule has 0 aromatic heterocycles. The lowest BCUT2D eigenvalue weighted by atomic mass is 10.2. The van der Waals surface area contributed by atoms with E-state index in [0.717, 1.165) is 5.56 Å². The van der Waals surface area contributed by atoms with Crippen molar-refractivity contribution in [1.29, 1.82) is 0 Å². The minimum atomic E-state index is -1.62. The Bertz CT molecular complexity index is 712. The second-order valence-electron chi connectivity index (χ2n) is 5.67. The maximum absolute atomic E-state index is 13.1. The fourth-order valence-corrected chi connectivity index (χ4v) is 3.76. The number of hydrogen-bond acceptors (Lipinski definition) is 4. The van der Waals surface area contributed by atoms with E-state index in [4.69, 9.17) is 9.47 Å². The van der Waals surface area contributed by atoms with Crippen LogP contribution in [0.4, 0.5) is 5.69 Å². The molecule has 0 aliphatic rings. The average molecular weight is 375 g/mol. The summed E-state index contributed by atoms with van der Waals surface area (Å²) in [6.07, 6.45) is -0.892. The molecular formula is C20H25NO4S. The van der Waals surface area contributed by atoms with Gasteiger partial charge in [0, 0.05) is 23.8 Å². The zero-order valence-corrected chi connectivity index (χ0v) is 16.1. The summed E-state index contributed by atoms with van der Waals surface area (Å²) in [6.45, 7) is 6.30. The first-order valence-corrected chi connectivity index (χ1v) is 9.84. The van der Waals surface area contributed by atoms with Gasteiger partial charge in [0.25, 0.3) is 0 Å². The van der Waals surface area contributed by atoms with E-state index in [1.807, 2.05) is 51.1 Å². The van der Waals surface area contributed by atoms with Crippen molar-refractivity contribution in [2.75, 3.05) is 18.5 Å². The first-order chi connectivity index (χ1) is 12.6. The molecule has 1 N–H and O–H groups in total. The number of hydrogen-bond donors (Lipinski definition) is 1. The summed E-state index contributed by atoms with van der Waals surface area (Å²) in [6, 6.07) is 16.3. The van der Waals surface area contributed by atoms with Crippen LogP contribution in [0.3, 0.4) is 0 Å². The van der Waals surface area contributed by atoms with Crippen LogP contribution in [-0.4, -0.2) is 34.9 Å². The van der Waals surface area contributed by atoms with Gasteiger partial charge in [0.05, 0.1) is 10.8 Å². The summed E-state index contributed by atoms with van der Waals surface area (Å²) in [5, 5.41) is 1.84. The van der Waals surface area contributed by atoms with E-state index < -0.39 is 28.2 Å². The van der Waals surface area contributed by atoms with E-state index in [0.29, 0.717) is 23.8 Å². The molecule has 0 saturated heterocycles. The summed E-state index contributed by atoms with van der Waals surface area (Å²) in [5.74, 6) is -0.400. The Labute approximate surface area is 157 Å². The van der Waals surface area contributed by atoms with Gasteiger partial charge in [-0.25, -0.2) is 0 Å². The number of aryl methyl sites for hydroxylation is 1. The highest BCUT2D eigenvalue weighted by atomic mass is 32.2. The SMILES string of the molecule is CCOC(OCC)[C@H](C(=O)Nc1ccc(C)cc1)[S@@](=O)c1ccccc1. The van der Waals surface area contributed by atoms with Gasteiger partial charge in [-0.05, 0) is 45.0 Å². The van der Waals surface area contributed by atoms with Crippen molar-refractivity contribution in [3.05, 3.63) is 60.2 Å². The molecule has 0 radical (unpaired) electrons. The summed E-state index contributed by atoms with van der Waals surface area (Å²) in [7, 11) is -1.62. The van der Waals surface area contributed by atoms with Crippen LogP contribution in [0.2, 0.25) is 0 Å². The Hall–Kier alpha value is -2.02. The summed E-state index contributed by atoms with van der Waals surface area (Å²) in [5.41, 5.74) is 1.73. The molecule has 2 rings (SSSR count). The number of amides is 1. The first-order valence-electron chi connectivity index (χ1n) is 8.63. The Balaban J connectivity index is 2.30. The third-order valence-electron chi connectivity index (χ3n) is 3.69. The van der Waals surface area contributed by atoms with Crippen LogP contribution in [0.5, 0.6) is 0 Å². The standard InChI is InChI=1S/C20H25NO4S/c1-4-24-20(25-5-2)18(26(23)17-9-7-6-8-10-17)19(22)21-16-13-11-15(3)12-14-16/h6-14,18,20H,4-5H2,1-3H3,(H,21,22)/t18-,26-/m0/s1. The van der Waals surface area contributed by atoms with Crippen LogP contribution < -0.4 is 5.32 Å². The summed E-state index contributed by atoms with van der Waals surface area (Å²) >= 11 is 0. The first kappa shape index (κ1) is 20.3. The fourth-order valence-electron chi connectivity index (χ4n) is 2.42. The third-order valence-corrected chi connectivity index (χ3v) is 5.33. The van der Waals surface area contributed by atoms with Gasteiger partial charge >= 0.3 is 0 Å². The van der Waals surface area contributed by atoms with E-state index in [1.165, 1.54) is 0 Å². The second kappa shape index (κ2) is 10.2. The van der Waals surface area contributed by atoms with Crippen LogP contribution in [0.25, 0.3) is 0 Å². The molecule has 0 heterocycles. The van der Waals surface area contributed by atoms with Gasteiger partial charge in [0.2, 0.25) is 5.91 Å². The van der Waals surface area contributed by atoms with E-state index >= 15 is 0 Å². The van der Waals surface area contributed by atoms with Gasteiger partial charge in [-0.1, -0.05) is 35.9 Å².